The zero-order valence-electron chi connectivity index (χ0n) is 20.7. The van der Waals surface area contributed by atoms with E-state index in [1.165, 1.54) is 12.1 Å². The van der Waals surface area contributed by atoms with Gasteiger partial charge in [0, 0.05) is 34.8 Å². The van der Waals surface area contributed by atoms with Crippen molar-refractivity contribution >= 4 is 22.5 Å². The number of ether oxygens (including phenoxy) is 3. The third-order valence-electron chi connectivity index (χ3n) is 6.82. The number of aromatic nitrogens is 1. The number of hydrogen-bond donors (Lipinski definition) is 2. The molecule has 0 saturated heterocycles. The van der Waals surface area contributed by atoms with Crippen molar-refractivity contribution in [3.63, 3.8) is 0 Å². The number of amides is 1. The van der Waals surface area contributed by atoms with Crippen molar-refractivity contribution in [2.24, 2.45) is 0 Å². The molecule has 1 fully saturated rings. The van der Waals surface area contributed by atoms with E-state index in [0.717, 1.165) is 16.6 Å². The van der Waals surface area contributed by atoms with Gasteiger partial charge in [0.1, 0.15) is 0 Å². The molecule has 2 heterocycles. The lowest BCUT2D eigenvalue weighted by Gasteiger charge is -2.23. The molecule has 36 heavy (non-hydrogen) atoms. The molecule has 9 heteroatoms. The van der Waals surface area contributed by atoms with Crippen LogP contribution in [-0.4, -0.2) is 41.7 Å². The Bertz CT molecular complexity index is 1320. The molecule has 5 rings (SSSR count). The van der Waals surface area contributed by atoms with Crippen LogP contribution in [0.4, 0.5) is 14.5 Å². The minimum atomic E-state index is -3.70. The number of carbonyl (C=O) groups excluding carboxylic acids is 1. The zero-order chi connectivity index (χ0) is 25.9. The van der Waals surface area contributed by atoms with E-state index < -0.39 is 17.8 Å². The number of anilines is 1. The topological polar surface area (TPSA) is 82.0 Å². The highest BCUT2D eigenvalue weighted by Gasteiger charge is 2.52. The lowest BCUT2D eigenvalue weighted by atomic mass is 9.92. The number of alkyl halides is 2. The summed E-state index contributed by atoms with van der Waals surface area (Å²) >= 11 is 0. The Kier molecular flexibility index (Phi) is 5.76. The van der Waals surface area contributed by atoms with Gasteiger partial charge in [-0.15, -0.1) is 8.78 Å². The molecule has 0 bridgehead atoms. The van der Waals surface area contributed by atoms with Crippen LogP contribution in [0, 0.1) is 0 Å². The summed E-state index contributed by atoms with van der Waals surface area (Å²) in [5.74, 6) is -0.302. The number of nitrogens with zero attached hydrogens (tertiary/aromatic N) is 1. The number of halogens is 2. The number of nitrogens with one attached hydrogen (secondary N) is 1. The zero-order valence-corrected chi connectivity index (χ0v) is 20.7. The molecule has 1 unspecified atom stereocenters. The van der Waals surface area contributed by atoms with Gasteiger partial charge in [-0.25, -0.2) is 0 Å². The highest BCUT2D eigenvalue weighted by molar-refractivity contribution is 6.02. The summed E-state index contributed by atoms with van der Waals surface area (Å²) in [6.07, 6.45) is -3.13. The third-order valence-corrected chi connectivity index (χ3v) is 6.82. The van der Waals surface area contributed by atoms with E-state index in [2.05, 4.69) is 46.2 Å². The standard InChI is InChI=1S/C27H30F2N2O5/c1-25(2,3)23-12-16-11-18(6-7-20(16)31(23)14-19(32)15-34-4)30-24(33)26(9-10-26)17-5-8-21-22(13-17)36-27(28,29)35-21/h5-8,11-13,19,32H,9-10,14-15H2,1-4H3,(H,30,33). The molecular formula is C27H30F2N2O5. The Morgan fingerprint density at radius 3 is 2.53 bits per heavy atom. The predicted molar refractivity (Wildman–Crippen MR) is 131 cm³/mol. The van der Waals surface area contributed by atoms with Crippen LogP contribution >= 0.6 is 0 Å². The van der Waals surface area contributed by atoms with Crippen LogP contribution in [0.15, 0.2) is 42.5 Å². The number of carbonyl (C=O) groups is 1. The number of rotatable bonds is 7. The van der Waals surface area contributed by atoms with Gasteiger partial charge in [-0.05, 0) is 54.8 Å². The van der Waals surface area contributed by atoms with E-state index in [0.29, 0.717) is 30.6 Å². The largest absolute Gasteiger partial charge is 0.586 e. The van der Waals surface area contributed by atoms with Gasteiger partial charge in [-0.1, -0.05) is 26.8 Å². The van der Waals surface area contributed by atoms with Crippen LogP contribution in [0.1, 0.15) is 44.9 Å². The summed E-state index contributed by atoms with van der Waals surface area (Å²) in [5, 5.41) is 14.3. The molecule has 1 aliphatic heterocycles. The van der Waals surface area contributed by atoms with Crippen LogP contribution in [0.2, 0.25) is 0 Å². The molecule has 1 aromatic heterocycles. The maximum absolute atomic E-state index is 13.4. The van der Waals surface area contributed by atoms with Crippen LogP contribution in [0.3, 0.4) is 0 Å². The summed E-state index contributed by atoms with van der Waals surface area (Å²) < 4.78 is 43.1. The van der Waals surface area contributed by atoms with Crippen LogP contribution in [0.25, 0.3) is 10.9 Å². The molecule has 0 radical (unpaired) electrons. The fraction of sp³-hybridized carbons (Fsp3) is 0.444. The van der Waals surface area contributed by atoms with E-state index in [1.54, 1.807) is 13.2 Å². The van der Waals surface area contributed by atoms with Crippen molar-refractivity contribution in [2.75, 3.05) is 19.0 Å². The van der Waals surface area contributed by atoms with Crippen LogP contribution in [-0.2, 0) is 26.9 Å². The van der Waals surface area contributed by atoms with Gasteiger partial charge in [-0.2, -0.15) is 0 Å². The summed E-state index contributed by atoms with van der Waals surface area (Å²) in [5.41, 5.74) is 2.31. The average Bonchev–Trinajstić information content (AvgIpc) is 3.43. The molecule has 192 valence electrons. The smallest absolute Gasteiger partial charge is 0.395 e. The Hall–Kier alpha value is -3.17. The van der Waals surface area contributed by atoms with Crippen molar-refractivity contribution in [3.05, 3.63) is 53.7 Å². The molecule has 1 aliphatic carbocycles. The molecular weight excluding hydrogens is 470 g/mol. The van der Waals surface area contributed by atoms with Gasteiger partial charge >= 0.3 is 6.29 Å². The fourth-order valence-electron chi connectivity index (χ4n) is 4.89. The maximum atomic E-state index is 13.4. The first kappa shape index (κ1) is 24.5. The van der Waals surface area contributed by atoms with Crippen molar-refractivity contribution in [3.8, 4) is 11.5 Å². The van der Waals surface area contributed by atoms with Crippen molar-refractivity contribution < 1.29 is 32.9 Å². The average molecular weight is 501 g/mol. The molecule has 2 N–H and O–H groups in total. The first-order chi connectivity index (χ1) is 16.9. The molecule has 2 aliphatic rings. The summed E-state index contributed by atoms with van der Waals surface area (Å²) in [4.78, 5) is 13.3. The first-order valence-corrected chi connectivity index (χ1v) is 11.9. The van der Waals surface area contributed by atoms with Crippen molar-refractivity contribution in [1.29, 1.82) is 0 Å². The quantitative estimate of drug-likeness (QED) is 0.480. The van der Waals surface area contributed by atoms with Crippen LogP contribution < -0.4 is 14.8 Å². The molecule has 1 saturated carbocycles. The number of methoxy groups -OCH3 is 1. The van der Waals surface area contributed by atoms with Crippen molar-refractivity contribution in [2.45, 2.75) is 63.4 Å². The molecule has 2 aromatic carbocycles. The number of aliphatic hydroxyl groups excluding tert-OH is 1. The first-order valence-electron chi connectivity index (χ1n) is 11.9. The normalized spacial score (nSPS) is 18.3. The Labute approximate surface area is 207 Å². The van der Waals surface area contributed by atoms with E-state index in [-0.39, 0.29) is 29.4 Å². The molecule has 1 atom stereocenters. The van der Waals surface area contributed by atoms with E-state index in [4.69, 9.17) is 4.74 Å². The minimum Gasteiger partial charge on any atom is -0.395 e. The SMILES string of the molecule is COCC(O)Cn1c(C(C)(C)C)cc2cc(NC(=O)C3(c4ccc5c(c4)OC(F)(F)O5)CC3)ccc21. The monoisotopic (exact) mass is 500 g/mol. The molecule has 3 aromatic rings. The number of aliphatic hydroxyl groups is 1. The molecule has 0 spiro atoms. The third kappa shape index (κ3) is 4.41. The van der Waals surface area contributed by atoms with E-state index >= 15 is 0 Å². The van der Waals surface area contributed by atoms with Gasteiger partial charge in [0.15, 0.2) is 11.5 Å². The summed E-state index contributed by atoms with van der Waals surface area (Å²) in [6.45, 7) is 6.96. The Balaban J connectivity index is 1.40. The van der Waals surface area contributed by atoms with Gasteiger partial charge in [0.05, 0.1) is 24.7 Å². The highest BCUT2D eigenvalue weighted by Crippen LogP contribution is 2.52. The summed E-state index contributed by atoms with van der Waals surface area (Å²) in [6, 6.07) is 12.3. The lowest BCUT2D eigenvalue weighted by Crippen LogP contribution is -2.28. The van der Waals surface area contributed by atoms with E-state index in [1.807, 2.05) is 18.2 Å². The Morgan fingerprint density at radius 2 is 1.86 bits per heavy atom. The number of fused-ring (bicyclic) bond motifs is 2. The second-order valence-electron chi connectivity index (χ2n) is 10.6. The number of hydrogen-bond acceptors (Lipinski definition) is 5. The molecule has 7 nitrogen and oxygen atoms in total. The highest BCUT2D eigenvalue weighted by atomic mass is 19.3. The predicted octanol–water partition coefficient (Wildman–Crippen LogP) is 4.94. The minimum absolute atomic E-state index is 0.0415. The van der Waals surface area contributed by atoms with Gasteiger partial charge in [0.2, 0.25) is 5.91 Å². The lowest BCUT2D eigenvalue weighted by molar-refractivity contribution is -0.286. The number of benzene rings is 2. The second-order valence-corrected chi connectivity index (χ2v) is 10.6. The second kappa shape index (κ2) is 8.45. The van der Waals surface area contributed by atoms with Gasteiger partial charge < -0.3 is 29.2 Å². The van der Waals surface area contributed by atoms with Gasteiger partial charge in [-0.3, -0.25) is 4.79 Å². The summed E-state index contributed by atoms with van der Waals surface area (Å²) in [7, 11) is 1.56. The van der Waals surface area contributed by atoms with E-state index in [9.17, 15) is 18.7 Å². The molecule has 1 amide bonds. The maximum Gasteiger partial charge on any atom is 0.586 e. The Morgan fingerprint density at radius 1 is 1.14 bits per heavy atom. The van der Waals surface area contributed by atoms with Crippen LogP contribution in [0.5, 0.6) is 11.5 Å². The fourth-order valence-corrected chi connectivity index (χ4v) is 4.89. The van der Waals surface area contributed by atoms with Gasteiger partial charge in [0.25, 0.3) is 0 Å². The van der Waals surface area contributed by atoms with Crippen molar-refractivity contribution in [1.82, 2.24) is 4.57 Å².